The van der Waals surface area contributed by atoms with Gasteiger partial charge in [0.05, 0.1) is 35.9 Å². The zero-order chi connectivity index (χ0) is 13.2. The van der Waals surface area contributed by atoms with Gasteiger partial charge in [-0.3, -0.25) is 0 Å². The Kier molecular flexibility index (Phi) is 3.02. The molecule has 0 saturated carbocycles. The van der Waals surface area contributed by atoms with E-state index in [4.69, 9.17) is 10.00 Å². The highest BCUT2D eigenvalue weighted by atomic mass is 16.5. The Bertz CT molecular complexity index is 649. The van der Waals surface area contributed by atoms with Gasteiger partial charge in [0.25, 0.3) is 0 Å². The van der Waals surface area contributed by atoms with Crippen LogP contribution in [0.3, 0.4) is 0 Å². The molecule has 1 fully saturated rings. The molecule has 96 valence electrons. The van der Waals surface area contributed by atoms with Crippen LogP contribution in [0.2, 0.25) is 0 Å². The normalized spacial score (nSPS) is 19.4. The molecule has 5 nitrogen and oxygen atoms in total. The Morgan fingerprint density at radius 1 is 1.32 bits per heavy atom. The summed E-state index contributed by atoms with van der Waals surface area (Å²) in [4.78, 5) is 11.3. The van der Waals surface area contributed by atoms with Gasteiger partial charge in [0.15, 0.2) is 11.9 Å². The molecule has 2 aromatic rings. The molecule has 0 amide bonds. The number of hydrogen-bond acceptors (Lipinski definition) is 5. The number of aryl methyl sites for hydroxylation is 1. The van der Waals surface area contributed by atoms with Crippen LogP contribution in [0.1, 0.15) is 5.69 Å². The van der Waals surface area contributed by atoms with Crippen LogP contribution in [0.5, 0.6) is 0 Å². The molecule has 5 heteroatoms. The quantitative estimate of drug-likeness (QED) is 0.774. The lowest BCUT2D eigenvalue weighted by molar-refractivity contribution is 0.0761. The first kappa shape index (κ1) is 11.9. The van der Waals surface area contributed by atoms with Gasteiger partial charge in [-0.1, -0.05) is 12.1 Å². The van der Waals surface area contributed by atoms with Gasteiger partial charge in [0.2, 0.25) is 0 Å². The van der Waals surface area contributed by atoms with Gasteiger partial charge in [0, 0.05) is 6.54 Å². The summed E-state index contributed by atoms with van der Waals surface area (Å²) < 4.78 is 5.36. The van der Waals surface area contributed by atoms with E-state index in [1.807, 2.05) is 31.2 Å². The number of nitriles is 1. The number of fused-ring (bicyclic) bond motifs is 1. The summed E-state index contributed by atoms with van der Waals surface area (Å²) in [5.41, 5.74) is 2.66. The lowest BCUT2D eigenvalue weighted by Gasteiger charge is -2.31. The smallest absolute Gasteiger partial charge is 0.161 e. The number of hydrogen-bond donors (Lipinski definition) is 0. The number of benzene rings is 1. The van der Waals surface area contributed by atoms with Crippen molar-refractivity contribution >= 4 is 16.9 Å². The first-order valence-corrected chi connectivity index (χ1v) is 6.27. The predicted molar refractivity (Wildman–Crippen MR) is 71.8 cm³/mol. The summed E-state index contributed by atoms with van der Waals surface area (Å²) in [6, 6.07) is 9.96. The first-order chi connectivity index (χ1) is 9.28. The predicted octanol–water partition coefficient (Wildman–Crippen LogP) is 1.67. The highest BCUT2D eigenvalue weighted by Gasteiger charge is 2.22. The van der Waals surface area contributed by atoms with E-state index in [9.17, 15) is 0 Å². The number of nitrogens with zero attached hydrogens (tertiary/aromatic N) is 4. The number of ether oxygens (including phenoxy) is 1. The number of morpholine rings is 1. The largest absolute Gasteiger partial charge is 0.360 e. The third-order valence-electron chi connectivity index (χ3n) is 3.23. The van der Waals surface area contributed by atoms with Crippen molar-refractivity contribution in [1.29, 1.82) is 5.26 Å². The van der Waals surface area contributed by atoms with Crippen molar-refractivity contribution in [2.45, 2.75) is 13.0 Å². The molecule has 0 bridgehead atoms. The topological polar surface area (TPSA) is 62.0 Å². The van der Waals surface area contributed by atoms with Crippen LogP contribution < -0.4 is 4.90 Å². The van der Waals surface area contributed by atoms with Gasteiger partial charge in [-0.05, 0) is 19.1 Å². The summed E-state index contributed by atoms with van der Waals surface area (Å²) in [5, 5.41) is 8.96. The number of rotatable bonds is 1. The molecule has 1 aromatic heterocycles. The lowest BCUT2D eigenvalue weighted by Crippen LogP contribution is -2.42. The van der Waals surface area contributed by atoms with Crippen LogP contribution >= 0.6 is 0 Å². The molecule has 2 heterocycles. The molecule has 1 aliphatic rings. The minimum atomic E-state index is -0.388. The minimum Gasteiger partial charge on any atom is -0.360 e. The Hall–Kier alpha value is -2.19. The SMILES string of the molecule is Cc1nc2ccccc2nc1N1CCOC(C#N)C1. The molecule has 0 spiro atoms. The zero-order valence-electron chi connectivity index (χ0n) is 10.7. The molecule has 0 radical (unpaired) electrons. The second kappa shape index (κ2) is 4.82. The third kappa shape index (κ3) is 2.23. The van der Waals surface area contributed by atoms with Crippen LogP contribution in [-0.2, 0) is 4.74 Å². The van der Waals surface area contributed by atoms with E-state index in [2.05, 4.69) is 20.9 Å². The van der Waals surface area contributed by atoms with E-state index in [-0.39, 0.29) is 6.10 Å². The molecule has 1 unspecified atom stereocenters. The maximum absolute atomic E-state index is 8.96. The van der Waals surface area contributed by atoms with E-state index in [1.54, 1.807) is 0 Å². The van der Waals surface area contributed by atoms with Crippen LogP contribution in [0.4, 0.5) is 5.82 Å². The van der Waals surface area contributed by atoms with Gasteiger partial charge < -0.3 is 9.64 Å². The monoisotopic (exact) mass is 254 g/mol. The summed E-state index contributed by atoms with van der Waals surface area (Å²) in [5.74, 6) is 0.849. The maximum Gasteiger partial charge on any atom is 0.161 e. The van der Waals surface area contributed by atoms with Crippen LogP contribution in [0.25, 0.3) is 11.0 Å². The average molecular weight is 254 g/mol. The standard InChI is InChI=1S/C14H14N4O/c1-10-14(18-6-7-19-11(8-15)9-18)17-13-5-3-2-4-12(13)16-10/h2-5,11H,6-7,9H2,1H3. The fraction of sp³-hybridized carbons (Fsp3) is 0.357. The molecule has 1 aromatic carbocycles. The van der Waals surface area contributed by atoms with Crippen molar-refractivity contribution in [3.8, 4) is 6.07 Å². The molecule has 1 saturated heterocycles. The highest BCUT2D eigenvalue weighted by molar-refractivity contribution is 5.76. The van der Waals surface area contributed by atoms with Gasteiger partial charge >= 0.3 is 0 Å². The average Bonchev–Trinajstić information content (AvgIpc) is 2.46. The molecular formula is C14H14N4O. The van der Waals surface area contributed by atoms with Crippen LogP contribution in [0, 0.1) is 18.3 Å². The van der Waals surface area contributed by atoms with Crippen molar-refractivity contribution < 1.29 is 4.74 Å². The molecule has 19 heavy (non-hydrogen) atoms. The molecule has 3 rings (SSSR count). The van der Waals surface area contributed by atoms with Gasteiger partial charge in [-0.25, -0.2) is 9.97 Å². The summed E-state index contributed by atoms with van der Waals surface area (Å²) >= 11 is 0. The zero-order valence-corrected chi connectivity index (χ0v) is 10.7. The van der Waals surface area contributed by atoms with Gasteiger partial charge in [-0.15, -0.1) is 0 Å². The van der Waals surface area contributed by atoms with E-state index in [0.717, 1.165) is 29.1 Å². The van der Waals surface area contributed by atoms with E-state index in [0.29, 0.717) is 13.2 Å². The molecule has 0 N–H and O–H groups in total. The second-order valence-corrected chi connectivity index (χ2v) is 4.56. The Labute approximate surface area is 111 Å². The molecule has 0 aliphatic carbocycles. The Morgan fingerprint density at radius 3 is 2.79 bits per heavy atom. The molecule has 1 atom stereocenters. The van der Waals surface area contributed by atoms with Gasteiger partial charge in [0.1, 0.15) is 0 Å². The summed E-state index contributed by atoms with van der Waals surface area (Å²) in [6.07, 6.45) is -0.388. The van der Waals surface area contributed by atoms with E-state index in [1.165, 1.54) is 0 Å². The van der Waals surface area contributed by atoms with Crippen LogP contribution in [-0.4, -0.2) is 35.8 Å². The maximum atomic E-state index is 8.96. The number of para-hydroxylation sites is 2. The fourth-order valence-corrected chi connectivity index (χ4v) is 2.30. The van der Waals surface area contributed by atoms with Crippen molar-refractivity contribution in [3.05, 3.63) is 30.0 Å². The minimum absolute atomic E-state index is 0.388. The Balaban J connectivity index is 2.00. The van der Waals surface area contributed by atoms with Crippen LogP contribution in [0.15, 0.2) is 24.3 Å². The van der Waals surface area contributed by atoms with Crippen molar-refractivity contribution in [2.75, 3.05) is 24.6 Å². The van der Waals surface area contributed by atoms with E-state index >= 15 is 0 Å². The summed E-state index contributed by atoms with van der Waals surface area (Å²) in [7, 11) is 0. The van der Waals surface area contributed by atoms with Crippen molar-refractivity contribution in [2.24, 2.45) is 0 Å². The lowest BCUT2D eigenvalue weighted by atomic mass is 10.2. The third-order valence-corrected chi connectivity index (χ3v) is 3.23. The second-order valence-electron chi connectivity index (χ2n) is 4.56. The molecular weight excluding hydrogens is 240 g/mol. The fourth-order valence-electron chi connectivity index (χ4n) is 2.30. The highest BCUT2D eigenvalue weighted by Crippen LogP contribution is 2.21. The summed E-state index contributed by atoms with van der Waals surface area (Å²) in [6.45, 7) is 3.79. The molecule has 1 aliphatic heterocycles. The van der Waals surface area contributed by atoms with Crippen molar-refractivity contribution in [1.82, 2.24) is 9.97 Å². The number of anilines is 1. The van der Waals surface area contributed by atoms with Gasteiger partial charge in [-0.2, -0.15) is 5.26 Å². The van der Waals surface area contributed by atoms with Crippen molar-refractivity contribution in [3.63, 3.8) is 0 Å². The first-order valence-electron chi connectivity index (χ1n) is 6.27. The number of aromatic nitrogens is 2. The van der Waals surface area contributed by atoms with E-state index < -0.39 is 0 Å². The Morgan fingerprint density at radius 2 is 2.05 bits per heavy atom.